The number of nitrogens with one attached hydrogen (secondary N) is 1. The van der Waals surface area contributed by atoms with E-state index >= 15 is 0 Å². The molecule has 4 heteroatoms. The first-order chi connectivity index (χ1) is 10.1. The number of ether oxygens (including phenoxy) is 1. The van der Waals surface area contributed by atoms with Crippen LogP contribution in [0.5, 0.6) is 5.75 Å². The molecule has 1 aromatic carbocycles. The maximum Gasteiger partial charge on any atom is 0.261 e. The molecule has 1 saturated carbocycles. The third-order valence-corrected chi connectivity index (χ3v) is 5.08. The number of hydrogen-bond acceptors (Lipinski definition) is 3. The van der Waals surface area contributed by atoms with Gasteiger partial charge in [-0.3, -0.25) is 4.79 Å². The van der Waals surface area contributed by atoms with Crippen molar-refractivity contribution in [1.29, 1.82) is 0 Å². The lowest BCUT2D eigenvalue weighted by atomic mass is 9.77. The summed E-state index contributed by atoms with van der Waals surface area (Å²) in [7, 11) is 1.61. The van der Waals surface area contributed by atoms with Crippen LogP contribution in [0.15, 0.2) is 12.1 Å². The summed E-state index contributed by atoms with van der Waals surface area (Å²) in [5.41, 5.74) is 0.952. The van der Waals surface area contributed by atoms with Crippen LogP contribution in [0.3, 0.4) is 0 Å². The van der Waals surface area contributed by atoms with E-state index in [4.69, 9.17) is 4.74 Å². The van der Waals surface area contributed by atoms with Crippen LogP contribution in [0.2, 0.25) is 0 Å². The highest BCUT2D eigenvalue weighted by Crippen LogP contribution is 2.48. The van der Waals surface area contributed by atoms with Crippen LogP contribution < -0.4 is 10.1 Å². The molecule has 1 atom stereocenters. The van der Waals surface area contributed by atoms with Crippen molar-refractivity contribution >= 4 is 11.6 Å². The summed E-state index contributed by atoms with van der Waals surface area (Å²) in [4.78, 5) is 12.5. The van der Waals surface area contributed by atoms with E-state index in [-0.39, 0.29) is 11.8 Å². The van der Waals surface area contributed by atoms with Crippen molar-refractivity contribution in [1.82, 2.24) is 0 Å². The molecule has 1 amide bonds. The second-order valence-corrected chi connectivity index (χ2v) is 6.22. The molecular weight excluding hydrogens is 266 g/mol. The fourth-order valence-corrected chi connectivity index (χ4v) is 3.83. The number of hydrogen-bond donors (Lipinski definition) is 2. The van der Waals surface area contributed by atoms with E-state index in [2.05, 4.69) is 5.32 Å². The zero-order valence-electron chi connectivity index (χ0n) is 12.7. The van der Waals surface area contributed by atoms with E-state index in [0.29, 0.717) is 0 Å². The predicted molar refractivity (Wildman–Crippen MR) is 81.4 cm³/mol. The van der Waals surface area contributed by atoms with Crippen molar-refractivity contribution in [2.24, 2.45) is 5.92 Å². The molecule has 0 spiro atoms. The maximum atomic E-state index is 12.5. The van der Waals surface area contributed by atoms with Crippen LogP contribution in [0.25, 0.3) is 0 Å². The molecule has 1 heterocycles. The predicted octanol–water partition coefficient (Wildman–Crippen LogP) is 3.11. The van der Waals surface area contributed by atoms with E-state index in [0.717, 1.165) is 48.2 Å². The molecule has 1 fully saturated rings. The van der Waals surface area contributed by atoms with E-state index in [1.165, 1.54) is 12.8 Å². The van der Waals surface area contributed by atoms with E-state index in [1.807, 2.05) is 19.1 Å². The lowest BCUT2D eigenvalue weighted by molar-refractivity contribution is -0.140. The van der Waals surface area contributed by atoms with E-state index in [1.54, 1.807) is 7.11 Å². The van der Waals surface area contributed by atoms with Crippen molar-refractivity contribution in [2.45, 2.75) is 51.0 Å². The minimum absolute atomic E-state index is 0.00837. The molecule has 21 heavy (non-hydrogen) atoms. The lowest BCUT2D eigenvalue weighted by Crippen LogP contribution is -2.41. The van der Waals surface area contributed by atoms with Gasteiger partial charge in [0.05, 0.1) is 12.8 Å². The number of aliphatic hydroxyl groups is 1. The normalized spacial score (nSPS) is 26.1. The van der Waals surface area contributed by atoms with Gasteiger partial charge >= 0.3 is 0 Å². The number of carbonyl (C=O) groups is 1. The second kappa shape index (κ2) is 5.34. The van der Waals surface area contributed by atoms with Gasteiger partial charge in [0.15, 0.2) is 5.60 Å². The van der Waals surface area contributed by atoms with Gasteiger partial charge in [0.25, 0.3) is 5.91 Å². The smallest absolute Gasteiger partial charge is 0.261 e. The van der Waals surface area contributed by atoms with Gasteiger partial charge in [-0.05, 0) is 31.9 Å². The molecule has 4 nitrogen and oxygen atoms in total. The summed E-state index contributed by atoms with van der Waals surface area (Å²) in [6.45, 7) is 1.91. The summed E-state index contributed by atoms with van der Waals surface area (Å²) in [6, 6.07) is 3.68. The first kappa shape index (κ1) is 14.4. The monoisotopic (exact) mass is 289 g/mol. The third kappa shape index (κ3) is 2.13. The Morgan fingerprint density at radius 1 is 1.24 bits per heavy atom. The number of fused-ring (bicyclic) bond motifs is 1. The Bertz CT molecular complexity index is 561. The van der Waals surface area contributed by atoms with Gasteiger partial charge in [-0.1, -0.05) is 25.7 Å². The Hall–Kier alpha value is -1.55. The SMILES string of the molecule is COc1ccc2c(c1C)NC(=O)C2(O)C1CCCCCC1. The molecule has 3 rings (SSSR count). The van der Waals surface area contributed by atoms with Gasteiger partial charge in [-0.2, -0.15) is 0 Å². The molecule has 1 unspecified atom stereocenters. The molecule has 1 aliphatic carbocycles. The zero-order valence-corrected chi connectivity index (χ0v) is 12.7. The minimum atomic E-state index is -1.38. The van der Waals surface area contributed by atoms with Gasteiger partial charge in [-0.15, -0.1) is 0 Å². The van der Waals surface area contributed by atoms with Crippen molar-refractivity contribution in [2.75, 3.05) is 12.4 Å². The maximum absolute atomic E-state index is 12.5. The second-order valence-electron chi connectivity index (χ2n) is 6.22. The molecule has 0 bridgehead atoms. The highest BCUT2D eigenvalue weighted by molar-refractivity contribution is 6.06. The van der Waals surface area contributed by atoms with Crippen molar-refractivity contribution in [3.8, 4) is 5.75 Å². The van der Waals surface area contributed by atoms with Gasteiger partial charge in [0, 0.05) is 17.0 Å². The number of benzene rings is 1. The average molecular weight is 289 g/mol. The summed E-state index contributed by atoms with van der Waals surface area (Å²) < 4.78 is 5.31. The van der Waals surface area contributed by atoms with Gasteiger partial charge < -0.3 is 15.2 Å². The summed E-state index contributed by atoms with van der Waals surface area (Å²) >= 11 is 0. The lowest BCUT2D eigenvalue weighted by Gasteiger charge is -2.30. The van der Waals surface area contributed by atoms with Crippen molar-refractivity contribution < 1.29 is 14.6 Å². The van der Waals surface area contributed by atoms with Crippen LogP contribution in [0.4, 0.5) is 5.69 Å². The first-order valence-corrected chi connectivity index (χ1v) is 7.81. The molecule has 2 N–H and O–H groups in total. The Kier molecular flexibility index (Phi) is 3.66. The molecular formula is C17H23NO3. The highest BCUT2D eigenvalue weighted by atomic mass is 16.5. The quantitative estimate of drug-likeness (QED) is 0.822. The van der Waals surface area contributed by atoms with E-state index < -0.39 is 5.60 Å². The molecule has 0 aromatic heterocycles. The number of rotatable bonds is 2. The van der Waals surface area contributed by atoms with Crippen LogP contribution in [-0.4, -0.2) is 18.1 Å². The van der Waals surface area contributed by atoms with E-state index in [9.17, 15) is 9.90 Å². The number of anilines is 1. The van der Waals surface area contributed by atoms with Crippen LogP contribution in [0.1, 0.15) is 49.7 Å². The summed E-state index contributed by atoms with van der Waals surface area (Å²) in [6.07, 6.45) is 6.39. The van der Waals surface area contributed by atoms with Gasteiger partial charge in [0.1, 0.15) is 5.75 Å². The zero-order chi connectivity index (χ0) is 15.0. The molecule has 1 aliphatic heterocycles. The Morgan fingerprint density at radius 3 is 2.52 bits per heavy atom. The topological polar surface area (TPSA) is 58.6 Å². The molecule has 0 saturated heterocycles. The number of methoxy groups -OCH3 is 1. The largest absolute Gasteiger partial charge is 0.496 e. The molecule has 0 radical (unpaired) electrons. The molecule has 2 aliphatic rings. The minimum Gasteiger partial charge on any atom is -0.496 e. The standard InChI is InChI=1S/C17H23NO3/c1-11-14(21-2)10-9-13-15(11)18-16(19)17(13,20)12-7-5-3-4-6-8-12/h9-10,12,20H,3-8H2,1-2H3,(H,18,19). The first-order valence-electron chi connectivity index (χ1n) is 7.81. The van der Waals surface area contributed by atoms with Crippen molar-refractivity contribution in [3.63, 3.8) is 0 Å². The number of carbonyl (C=O) groups excluding carboxylic acids is 1. The third-order valence-electron chi connectivity index (χ3n) is 5.08. The van der Waals surface area contributed by atoms with Crippen molar-refractivity contribution in [3.05, 3.63) is 23.3 Å². The van der Waals surface area contributed by atoms with Crippen LogP contribution in [0, 0.1) is 12.8 Å². The van der Waals surface area contributed by atoms with Crippen LogP contribution in [-0.2, 0) is 10.4 Å². The van der Waals surface area contributed by atoms with Gasteiger partial charge in [0.2, 0.25) is 0 Å². The highest BCUT2D eigenvalue weighted by Gasteiger charge is 2.51. The van der Waals surface area contributed by atoms with Crippen LogP contribution >= 0.6 is 0 Å². The fourth-order valence-electron chi connectivity index (χ4n) is 3.83. The summed E-state index contributed by atoms with van der Waals surface area (Å²) in [5.74, 6) is 0.467. The number of amides is 1. The molecule has 1 aromatic rings. The Labute approximate surface area is 125 Å². The average Bonchev–Trinajstić information content (AvgIpc) is 2.68. The summed E-state index contributed by atoms with van der Waals surface area (Å²) in [5, 5.41) is 14.1. The Balaban J connectivity index is 2.05. The fraction of sp³-hybridized carbons (Fsp3) is 0.588. The molecule has 114 valence electrons. The Morgan fingerprint density at radius 2 is 1.90 bits per heavy atom. The van der Waals surface area contributed by atoms with Gasteiger partial charge in [-0.25, -0.2) is 0 Å².